The lowest BCUT2D eigenvalue weighted by atomic mass is 9.85. The number of guanidine groups is 1. The molecular formula is C25H35IN4O3. The van der Waals surface area contributed by atoms with Crippen LogP contribution in [-0.4, -0.2) is 55.5 Å². The number of nitrogens with zero attached hydrogens (tertiary/aromatic N) is 2. The van der Waals surface area contributed by atoms with Gasteiger partial charge in [0.1, 0.15) is 5.75 Å². The minimum absolute atomic E-state index is 0. The first-order chi connectivity index (χ1) is 15.6. The van der Waals surface area contributed by atoms with Crippen LogP contribution in [-0.2, 0) is 16.0 Å². The van der Waals surface area contributed by atoms with Crippen LogP contribution >= 0.6 is 24.0 Å². The highest BCUT2D eigenvalue weighted by Gasteiger charge is 2.58. The Bertz CT molecular complexity index is 873. The molecule has 2 fully saturated rings. The molecule has 1 saturated carbocycles. The van der Waals surface area contributed by atoms with E-state index in [1.807, 2.05) is 19.1 Å². The molecule has 1 aromatic rings. The maximum absolute atomic E-state index is 12.8. The summed E-state index contributed by atoms with van der Waals surface area (Å²) >= 11 is 0. The number of fused-ring (bicyclic) bond motifs is 5. The predicted molar refractivity (Wildman–Crippen MR) is 140 cm³/mol. The smallest absolute Gasteiger partial charge is 0.233 e. The summed E-state index contributed by atoms with van der Waals surface area (Å²) in [5.41, 5.74) is 1.18. The van der Waals surface area contributed by atoms with Gasteiger partial charge in [0, 0.05) is 26.2 Å². The molecule has 4 rings (SSSR count). The van der Waals surface area contributed by atoms with Gasteiger partial charge in [0.2, 0.25) is 11.8 Å². The van der Waals surface area contributed by atoms with E-state index in [1.54, 1.807) is 0 Å². The number of hydrogen-bond acceptors (Lipinski definition) is 4. The van der Waals surface area contributed by atoms with E-state index in [4.69, 9.17) is 4.74 Å². The average Bonchev–Trinajstić information content (AvgIpc) is 3.48. The fourth-order valence-electron chi connectivity index (χ4n) is 5.12. The first kappa shape index (κ1) is 25.5. The number of carbonyl (C=O) groups is 2. The highest BCUT2D eigenvalue weighted by atomic mass is 127. The van der Waals surface area contributed by atoms with Crippen molar-refractivity contribution in [3.05, 3.63) is 42.0 Å². The molecule has 4 atom stereocenters. The standard InChI is InChI=1S/C25H34N4O3.HI/c1-3-14-32-20-7-5-6-17(15-20)10-11-27-25(26-4-2)28-12-13-29-23(30)21-18-8-9-19(16-18)22(21)24(29)31;/h5-9,15,18-19,21-22H,3-4,10-14,16H2,1-2H3,(H2,26,27,28);1H. The Balaban J connectivity index is 0.00000306. The van der Waals surface area contributed by atoms with Crippen molar-refractivity contribution in [2.75, 3.05) is 32.8 Å². The molecule has 2 bridgehead atoms. The first-order valence-electron chi connectivity index (χ1n) is 11.9. The largest absolute Gasteiger partial charge is 0.494 e. The third-order valence-electron chi connectivity index (χ3n) is 6.58. The van der Waals surface area contributed by atoms with Crippen molar-refractivity contribution in [3.63, 3.8) is 0 Å². The van der Waals surface area contributed by atoms with Gasteiger partial charge in [-0.3, -0.25) is 19.5 Å². The molecule has 0 radical (unpaired) electrons. The third kappa shape index (κ3) is 5.70. The zero-order valence-corrected chi connectivity index (χ0v) is 21.8. The molecule has 180 valence electrons. The lowest BCUT2D eigenvalue weighted by molar-refractivity contribution is -0.140. The molecule has 8 heteroatoms. The summed E-state index contributed by atoms with van der Waals surface area (Å²) in [5, 5.41) is 6.51. The Labute approximate surface area is 213 Å². The minimum atomic E-state index is -0.128. The highest BCUT2D eigenvalue weighted by Crippen LogP contribution is 2.52. The van der Waals surface area contributed by atoms with E-state index in [9.17, 15) is 9.59 Å². The van der Waals surface area contributed by atoms with Crippen molar-refractivity contribution in [2.24, 2.45) is 28.7 Å². The number of benzene rings is 1. The molecule has 2 N–H and O–H groups in total. The molecule has 1 saturated heterocycles. The third-order valence-corrected chi connectivity index (χ3v) is 6.58. The fraction of sp³-hybridized carbons (Fsp3) is 0.560. The van der Waals surface area contributed by atoms with Crippen molar-refractivity contribution in [1.29, 1.82) is 0 Å². The molecule has 4 unspecified atom stereocenters. The molecule has 1 aromatic carbocycles. The molecule has 1 heterocycles. The molecule has 7 nitrogen and oxygen atoms in total. The van der Waals surface area contributed by atoms with Gasteiger partial charge in [-0.05, 0) is 55.7 Å². The molecule has 0 aromatic heterocycles. The van der Waals surface area contributed by atoms with Crippen LogP contribution in [0.1, 0.15) is 32.3 Å². The van der Waals surface area contributed by atoms with E-state index >= 15 is 0 Å². The number of ether oxygens (including phenoxy) is 1. The summed E-state index contributed by atoms with van der Waals surface area (Å²) in [5.74, 6) is 1.86. The Morgan fingerprint density at radius 3 is 2.52 bits per heavy atom. The van der Waals surface area contributed by atoms with Gasteiger partial charge in [-0.25, -0.2) is 0 Å². The fourth-order valence-corrected chi connectivity index (χ4v) is 5.12. The minimum Gasteiger partial charge on any atom is -0.494 e. The number of imide groups is 1. The molecular weight excluding hydrogens is 531 g/mol. The summed E-state index contributed by atoms with van der Waals surface area (Å²) < 4.78 is 5.70. The van der Waals surface area contributed by atoms with Crippen LogP contribution in [0.4, 0.5) is 0 Å². The Morgan fingerprint density at radius 1 is 1.12 bits per heavy atom. The Morgan fingerprint density at radius 2 is 1.85 bits per heavy atom. The van der Waals surface area contributed by atoms with E-state index in [1.165, 1.54) is 10.5 Å². The van der Waals surface area contributed by atoms with Crippen LogP contribution in [0.25, 0.3) is 0 Å². The lowest BCUT2D eigenvalue weighted by Crippen LogP contribution is -2.43. The number of carbonyl (C=O) groups excluding carboxylic acids is 2. The zero-order chi connectivity index (χ0) is 22.5. The van der Waals surface area contributed by atoms with E-state index in [0.717, 1.165) is 38.2 Å². The normalized spacial score (nSPS) is 25.3. The molecule has 2 amide bonds. The zero-order valence-electron chi connectivity index (χ0n) is 19.5. The number of nitrogens with one attached hydrogen (secondary N) is 2. The second kappa shape index (κ2) is 11.9. The summed E-state index contributed by atoms with van der Waals surface area (Å²) in [6, 6.07) is 8.13. The summed E-state index contributed by atoms with van der Waals surface area (Å²) in [7, 11) is 0. The maximum Gasteiger partial charge on any atom is 0.233 e. The van der Waals surface area contributed by atoms with Crippen LogP contribution in [0.5, 0.6) is 5.75 Å². The predicted octanol–water partition coefficient (Wildman–Crippen LogP) is 3.00. The van der Waals surface area contributed by atoms with Gasteiger partial charge in [-0.15, -0.1) is 24.0 Å². The van der Waals surface area contributed by atoms with Crippen molar-refractivity contribution in [2.45, 2.75) is 33.1 Å². The van der Waals surface area contributed by atoms with E-state index in [0.29, 0.717) is 25.6 Å². The van der Waals surface area contributed by atoms with Crippen molar-refractivity contribution in [1.82, 2.24) is 15.5 Å². The second-order valence-electron chi connectivity index (χ2n) is 8.76. The summed E-state index contributed by atoms with van der Waals surface area (Å²) in [6.45, 7) is 7.08. The van der Waals surface area contributed by atoms with Crippen LogP contribution in [0.15, 0.2) is 41.4 Å². The molecule has 33 heavy (non-hydrogen) atoms. The van der Waals surface area contributed by atoms with Gasteiger partial charge < -0.3 is 15.4 Å². The number of likely N-dealkylation sites (tertiary alicyclic amines) is 1. The number of amides is 2. The number of rotatable bonds is 10. The van der Waals surface area contributed by atoms with Gasteiger partial charge in [0.15, 0.2) is 5.96 Å². The second-order valence-corrected chi connectivity index (χ2v) is 8.76. The highest BCUT2D eigenvalue weighted by molar-refractivity contribution is 14.0. The Hall–Kier alpha value is -2.10. The first-order valence-corrected chi connectivity index (χ1v) is 11.9. The average molecular weight is 566 g/mol. The van der Waals surface area contributed by atoms with E-state index < -0.39 is 0 Å². The van der Waals surface area contributed by atoms with Gasteiger partial charge >= 0.3 is 0 Å². The van der Waals surface area contributed by atoms with Crippen LogP contribution in [0, 0.1) is 23.7 Å². The van der Waals surface area contributed by atoms with Crippen molar-refractivity contribution < 1.29 is 14.3 Å². The van der Waals surface area contributed by atoms with Gasteiger partial charge in [-0.2, -0.15) is 0 Å². The SMILES string of the molecule is CCCOc1cccc(CCN=C(NCC)NCCN2C(=O)C3C4C=CC(C4)C3C2=O)c1.I. The van der Waals surface area contributed by atoms with Gasteiger partial charge in [-0.1, -0.05) is 31.2 Å². The van der Waals surface area contributed by atoms with Crippen LogP contribution < -0.4 is 15.4 Å². The van der Waals surface area contributed by atoms with Crippen LogP contribution in [0.2, 0.25) is 0 Å². The summed E-state index contributed by atoms with van der Waals surface area (Å²) in [6.07, 6.45) is 7.01. The quantitative estimate of drug-likeness (QED) is 0.150. The number of allylic oxidation sites excluding steroid dienone is 2. The van der Waals surface area contributed by atoms with Crippen LogP contribution in [0.3, 0.4) is 0 Å². The van der Waals surface area contributed by atoms with Crippen molar-refractivity contribution >= 4 is 41.8 Å². The van der Waals surface area contributed by atoms with E-state index in [2.05, 4.69) is 46.8 Å². The van der Waals surface area contributed by atoms with Gasteiger partial charge in [0.25, 0.3) is 0 Å². The van der Waals surface area contributed by atoms with Gasteiger partial charge in [0.05, 0.1) is 18.4 Å². The Kier molecular flexibility index (Phi) is 9.17. The molecule has 2 aliphatic carbocycles. The van der Waals surface area contributed by atoms with Crippen molar-refractivity contribution in [3.8, 4) is 5.75 Å². The number of hydrogen-bond donors (Lipinski definition) is 2. The summed E-state index contributed by atoms with van der Waals surface area (Å²) in [4.78, 5) is 31.7. The van der Waals surface area contributed by atoms with E-state index in [-0.39, 0.29) is 59.5 Å². The lowest BCUT2D eigenvalue weighted by Gasteiger charge is -2.18. The topological polar surface area (TPSA) is 83.0 Å². The number of aliphatic imine (C=N–C) groups is 1. The number of halogens is 1. The molecule has 0 spiro atoms. The molecule has 3 aliphatic rings. The maximum atomic E-state index is 12.8. The monoisotopic (exact) mass is 566 g/mol. The molecule has 1 aliphatic heterocycles.